The molecule has 0 bridgehead atoms. The maximum Gasteiger partial charge on any atom is 0.194 e. The quantitative estimate of drug-likeness (QED) is 0.847. The van der Waals surface area contributed by atoms with E-state index in [9.17, 15) is 17.2 Å². The molecule has 0 saturated heterocycles. The van der Waals surface area contributed by atoms with Crippen LogP contribution in [0.25, 0.3) is 0 Å². The summed E-state index contributed by atoms with van der Waals surface area (Å²) in [4.78, 5) is 7.04. The lowest BCUT2D eigenvalue weighted by Crippen LogP contribution is -2.34. The van der Waals surface area contributed by atoms with E-state index in [0.717, 1.165) is 6.26 Å². The molecule has 1 N–H and O–H groups in total. The van der Waals surface area contributed by atoms with Gasteiger partial charge < -0.3 is 9.72 Å². The van der Waals surface area contributed by atoms with Crippen molar-refractivity contribution in [3.8, 4) is 0 Å². The van der Waals surface area contributed by atoms with Gasteiger partial charge in [-0.2, -0.15) is 0 Å². The molecule has 1 aliphatic carbocycles. The summed E-state index contributed by atoms with van der Waals surface area (Å²) >= 11 is 5.84. The number of ether oxygens (including phenoxy) is 1. The minimum absolute atomic E-state index is 0.0821. The lowest BCUT2D eigenvalue weighted by molar-refractivity contribution is -0.0723. The van der Waals surface area contributed by atoms with Gasteiger partial charge in [-0.1, -0.05) is 17.7 Å². The van der Waals surface area contributed by atoms with Crippen LogP contribution >= 0.6 is 11.6 Å². The van der Waals surface area contributed by atoms with Crippen LogP contribution in [0.5, 0.6) is 0 Å². The average molecular weight is 391 g/mol. The smallest absolute Gasteiger partial charge is 0.194 e. The Morgan fingerprint density at radius 3 is 2.60 bits per heavy atom. The van der Waals surface area contributed by atoms with Crippen LogP contribution in [0.2, 0.25) is 5.02 Å². The maximum atomic E-state index is 13.5. The van der Waals surface area contributed by atoms with Crippen LogP contribution in [0.15, 0.2) is 23.2 Å². The summed E-state index contributed by atoms with van der Waals surface area (Å²) in [6.07, 6.45) is -0.466. The largest absolute Gasteiger partial charge is 0.362 e. The first-order valence-electron chi connectivity index (χ1n) is 7.66. The zero-order valence-electron chi connectivity index (χ0n) is 13.6. The Kier molecular flexibility index (Phi) is 4.87. The molecule has 3 rings (SSSR count). The summed E-state index contributed by atoms with van der Waals surface area (Å²) in [7, 11) is -3.52. The third-order valence-electron chi connectivity index (χ3n) is 4.07. The molecular formula is C16H17ClF2N2O3S. The van der Waals surface area contributed by atoms with Gasteiger partial charge in [0.15, 0.2) is 14.9 Å². The molecule has 1 fully saturated rings. The van der Waals surface area contributed by atoms with Crippen LogP contribution in [0, 0.1) is 12.7 Å². The fourth-order valence-corrected chi connectivity index (χ4v) is 3.79. The third-order valence-corrected chi connectivity index (χ3v) is 5.46. The highest BCUT2D eigenvalue weighted by Crippen LogP contribution is 2.35. The number of imidazole rings is 1. The first-order chi connectivity index (χ1) is 11.6. The molecule has 1 aliphatic rings. The van der Waals surface area contributed by atoms with Gasteiger partial charge in [0.1, 0.15) is 23.9 Å². The molecule has 1 aromatic heterocycles. The molecule has 0 aliphatic heterocycles. The summed E-state index contributed by atoms with van der Waals surface area (Å²) in [5.74, 6) is -0.327. The molecule has 1 heterocycles. The lowest BCUT2D eigenvalue weighted by atomic mass is 9.93. The highest BCUT2D eigenvalue weighted by molar-refractivity contribution is 7.90. The van der Waals surface area contributed by atoms with Crippen molar-refractivity contribution in [1.29, 1.82) is 0 Å². The van der Waals surface area contributed by atoms with Crippen molar-refractivity contribution < 1.29 is 21.9 Å². The number of rotatable bonds is 5. The number of nitrogens with one attached hydrogen (secondary N) is 1. The van der Waals surface area contributed by atoms with Crippen LogP contribution < -0.4 is 0 Å². The Balaban J connectivity index is 2.00. The van der Waals surface area contributed by atoms with E-state index in [1.165, 1.54) is 18.2 Å². The lowest BCUT2D eigenvalue weighted by Gasteiger charge is -2.32. The van der Waals surface area contributed by atoms with Crippen LogP contribution in [-0.4, -0.2) is 36.9 Å². The maximum absolute atomic E-state index is 13.5. The molecule has 0 spiro atoms. The Hall–Kier alpha value is -1.51. The second kappa shape index (κ2) is 6.66. The number of halogens is 3. The molecular weight excluding hydrogens is 374 g/mol. The van der Waals surface area contributed by atoms with Crippen LogP contribution in [-0.2, 0) is 14.6 Å². The predicted molar refractivity (Wildman–Crippen MR) is 88.7 cm³/mol. The van der Waals surface area contributed by atoms with E-state index in [0.29, 0.717) is 11.3 Å². The number of hydrogen-bond donors (Lipinski definition) is 1. The van der Waals surface area contributed by atoms with E-state index in [1.54, 1.807) is 6.92 Å². The number of benzene rings is 1. The standard InChI is InChI=1S/C16H17ClF2N2O3S/c1-8-16(25(2,22)23)21-15(20-8)14(24-11-6-10(18)7-11)9-3-4-13(19)12(17)5-9/h3-5,10-11,14H,6-7H2,1-2H3,(H,20,21). The normalized spacial score (nSPS) is 21.8. The van der Waals surface area contributed by atoms with Gasteiger partial charge in [-0.05, 0) is 24.6 Å². The SMILES string of the molecule is Cc1[nH]c(C(OC2CC(F)C2)c2ccc(F)c(Cl)c2)nc1S(C)(=O)=O. The zero-order valence-corrected chi connectivity index (χ0v) is 15.2. The number of sulfone groups is 1. The van der Waals surface area contributed by atoms with Gasteiger partial charge >= 0.3 is 0 Å². The molecule has 136 valence electrons. The molecule has 1 unspecified atom stereocenters. The summed E-state index contributed by atoms with van der Waals surface area (Å²) in [6, 6.07) is 4.07. The highest BCUT2D eigenvalue weighted by Gasteiger charge is 2.34. The van der Waals surface area contributed by atoms with E-state index >= 15 is 0 Å². The van der Waals surface area contributed by atoms with Crippen LogP contribution in [0.3, 0.4) is 0 Å². The second-order valence-electron chi connectivity index (χ2n) is 6.20. The van der Waals surface area contributed by atoms with Gasteiger partial charge in [-0.3, -0.25) is 0 Å². The van der Waals surface area contributed by atoms with E-state index in [-0.39, 0.29) is 34.8 Å². The van der Waals surface area contributed by atoms with E-state index in [2.05, 4.69) is 9.97 Å². The van der Waals surface area contributed by atoms with E-state index in [4.69, 9.17) is 16.3 Å². The number of aryl methyl sites for hydroxylation is 1. The second-order valence-corrected chi connectivity index (χ2v) is 8.54. The molecule has 9 heteroatoms. The first kappa shape index (κ1) is 18.3. The Morgan fingerprint density at radius 2 is 2.08 bits per heavy atom. The van der Waals surface area contributed by atoms with Gasteiger partial charge in [0.25, 0.3) is 0 Å². The molecule has 25 heavy (non-hydrogen) atoms. The van der Waals surface area contributed by atoms with Crippen LogP contribution in [0.4, 0.5) is 8.78 Å². The van der Waals surface area contributed by atoms with Crippen LogP contribution in [0.1, 0.15) is 36.0 Å². The number of aromatic amines is 1. The molecule has 1 aromatic carbocycles. The number of hydrogen-bond acceptors (Lipinski definition) is 4. The molecule has 0 amide bonds. The Morgan fingerprint density at radius 1 is 1.40 bits per heavy atom. The van der Waals surface area contributed by atoms with E-state index in [1.807, 2.05) is 0 Å². The fraction of sp³-hybridized carbons (Fsp3) is 0.438. The van der Waals surface area contributed by atoms with E-state index < -0.39 is 27.9 Å². The van der Waals surface area contributed by atoms with Gasteiger partial charge in [0, 0.05) is 19.1 Å². The van der Waals surface area contributed by atoms with Crippen molar-refractivity contribution in [2.24, 2.45) is 0 Å². The monoisotopic (exact) mass is 390 g/mol. The minimum Gasteiger partial charge on any atom is -0.362 e. The molecule has 1 saturated carbocycles. The van der Waals surface area contributed by atoms with Crippen molar-refractivity contribution in [2.75, 3.05) is 6.26 Å². The molecule has 1 atom stereocenters. The predicted octanol–water partition coefficient (Wildman–Crippen LogP) is 3.52. The Labute approximate surface area is 149 Å². The number of H-pyrrole nitrogens is 1. The summed E-state index contributed by atoms with van der Waals surface area (Å²) in [6.45, 7) is 1.59. The van der Waals surface area contributed by atoms with Crippen molar-refractivity contribution in [2.45, 2.75) is 43.2 Å². The average Bonchev–Trinajstić information content (AvgIpc) is 2.87. The number of nitrogens with zero attached hydrogens (tertiary/aromatic N) is 1. The van der Waals surface area contributed by atoms with Crippen molar-refractivity contribution in [3.63, 3.8) is 0 Å². The van der Waals surface area contributed by atoms with Gasteiger partial charge in [-0.15, -0.1) is 0 Å². The first-order valence-corrected chi connectivity index (χ1v) is 9.93. The van der Waals surface area contributed by atoms with Gasteiger partial charge in [0.05, 0.1) is 16.8 Å². The van der Waals surface area contributed by atoms with Crippen molar-refractivity contribution in [1.82, 2.24) is 9.97 Å². The third kappa shape index (κ3) is 3.86. The fourth-order valence-electron chi connectivity index (χ4n) is 2.73. The number of alkyl halides is 1. The summed E-state index contributed by atoms with van der Waals surface area (Å²) in [5.41, 5.74) is 0.874. The zero-order chi connectivity index (χ0) is 18.4. The number of aromatic nitrogens is 2. The van der Waals surface area contributed by atoms with Gasteiger partial charge in [-0.25, -0.2) is 22.2 Å². The van der Waals surface area contributed by atoms with Crippen molar-refractivity contribution in [3.05, 3.63) is 46.1 Å². The Bertz CT molecular complexity index is 895. The molecule has 0 radical (unpaired) electrons. The topological polar surface area (TPSA) is 72.0 Å². The highest BCUT2D eigenvalue weighted by atomic mass is 35.5. The summed E-state index contributed by atoms with van der Waals surface area (Å²) in [5, 5.41) is -0.170. The molecule has 2 aromatic rings. The van der Waals surface area contributed by atoms with Crippen molar-refractivity contribution >= 4 is 21.4 Å². The minimum atomic E-state index is -3.52. The van der Waals surface area contributed by atoms with Gasteiger partial charge in [0.2, 0.25) is 0 Å². The summed E-state index contributed by atoms with van der Waals surface area (Å²) < 4.78 is 56.1. The molecule has 5 nitrogen and oxygen atoms in total.